The number of furan rings is 1. The number of halogens is 3. The van der Waals surface area contributed by atoms with Crippen LogP contribution < -0.4 is 4.74 Å². The van der Waals surface area contributed by atoms with Gasteiger partial charge in [0.1, 0.15) is 29.6 Å². The minimum absolute atomic E-state index is 0.0442. The van der Waals surface area contributed by atoms with Crippen LogP contribution in [0.4, 0.5) is 13.2 Å². The van der Waals surface area contributed by atoms with Gasteiger partial charge in [0.15, 0.2) is 0 Å². The molecule has 0 aromatic carbocycles. The Morgan fingerprint density at radius 3 is 2.66 bits per heavy atom. The van der Waals surface area contributed by atoms with Crippen molar-refractivity contribution in [3.63, 3.8) is 0 Å². The molecule has 4 heterocycles. The summed E-state index contributed by atoms with van der Waals surface area (Å²) in [5.41, 5.74) is 2.22. The fourth-order valence-corrected chi connectivity index (χ4v) is 2.91. The van der Waals surface area contributed by atoms with Crippen LogP contribution in [0.25, 0.3) is 0 Å². The molecular formula is C20H18F3N3O6. The highest BCUT2D eigenvalue weighted by Gasteiger charge is 2.38. The van der Waals surface area contributed by atoms with Crippen LogP contribution in [0, 0.1) is 6.92 Å². The highest BCUT2D eigenvalue weighted by atomic mass is 19.4. The van der Waals surface area contributed by atoms with Crippen LogP contribution in [-0.2, 0) is 24.4 Å². The lowest BCUT2D eigenvalue weighted by molar-refractivity contribution is -0.192. The second-order valence-electron chi connectivity index (χ2n) is 6.68. The fraction of sp³-hybridized carbons (Fsp3) is 0.300. The van der Waals surface area contributed by atoms with E-state index in [0.717, 1.165) is 11.3 Å². The third-order valence-electron chi connectivity index (χ3n) is 4.54. The Labute approximate surface area is 179 Å². The van der Waals surface area contributed by atoms with Gasteiger partial charge in [-0.2, -0.15) is 13.2 Å². The van der Waals surface area contributed by atoms with Crippen molar-refractivity contribution in [3.05, 3.63) is 65.2 Å². The van der Waals surface area contributed by atoms with Gasteiger partial charge in [0.25, 0.3) is 5.91 Å². The number of nitrogens with zero attached hydrogens (tertiary/aromatic N) is 3. The normalized spacial score (nSPS) is 13.1. The van der Waals surface area contributed by atoms with E-state index in [-0.39, 0.29) is 12.5 Å². The van der Waals surface area contributed by atoms with Gasteiger partial charge < -0.3 is 23.7 Å². The zero-order valence-electron chi connectivity index (χ0n) is 16.8. The van der Waals surface area contributed by atoms with E-state index in [1.807, 2.05) is 6.07 Å². The minimum atomic E-state index is -5.08. The van der Waals surface area contributed by atoms with Gasteiger partial charge in [-0.15, -0.1) is 0 Å². The molecule has 1 N–H and O–H groups in total. The van der Waals surface area contributed by atoms with Crippen molar-refractivity contribution in [3.8, 4) is 5.75 Å². The molecule has 0 atom stereocenters. The second-order valence-corrected chi connectivity index (χ2v) is 6.68. The average Bonchev–Trinajstić information content (AvgIpc) is 3.37. The predicted molar refractivity (Wildman–Crippen MR) is 101 cm³/mol. The number of alkyl halides is 3. The maximum absolute atomic E-state index is 12.7. The molecule has 0 aliphatic carbocycles. The van der Waals surface area contributed by atoms with Gasteiger partial charge in [-0.05, 0) is 25.1 Å². The van der Waals surface area contributed by atoms with Gasteiger partial charge >= 0.3 is 12.1 Å². The maximum Gasteiger partial charge on any atom is 0.490 e. The molecule has 4 rings (SSSR count). The zero-order valence-corrected chi connectivity index (χ0v) is 16.8. The monoisotopic (exact) mass is 453 g/mol. The summed E-state index contributed by atoms with van der Waals surface area (Å²) in [7, 11) is 0. The van der Waals surface area contributed by atoms with Crippen LogP contribution >= 0.6 is 0 Å². The van der Waals surface area contributed by atoms with Gasteiger partial charge in [0.05, 0.1) is 24.6 Å². The van der Waals surface area contributed by atoms with E-state index < -0.39 is 12.1 Å². The van der Waals surface area contributed by atoms with E-state index >= 15 is 0 Å². The molecule has 9 nitrogen and oxygen atoms in total. The van der Waals surface area contributed by atoms with Crippen LogP contribution in [0.2, 0.25) is 0 Å². The van der Waals surface area contributed by atoms with Crippen molar-refractivity contribution in [2.24, 2.45) is 0 Å². The van der Waals surface area contributed by atoms with E-state index in [2.05, 4.69) is 10.1 Å². The van der Waals surface area contributed by atoms with Gasteiger partial charge in [0, 0.05) is 24.7 Å². The number of hydrogen-bond donors (Lipinski definition) is 1. The van der Waals surface area contributed by atoms with Gasteiger partial charge in [0.2, 0.25) is 0 Å². The number of carboxylic acid groups (broad SMARTS) is 1. The Balaban J connectivity index is 0.000000360. The van der Waals surface area contributed by atoms with E-state index in [1.54, 1.807) is 36.4 Å². The Kier molecular flexibility index (Phi) is 6.81. The minimum Gasteiger partial charge on any atom is -0.486 e. The number of carbonyl (C=O) groups excluding carboxylic acids is 1. The van der Waals surface area contributed by atoms with Crippen LogP contribution in [0.3, 0.4) is 0 Å². The van der Waals surface area contributed by atoms with Crippen LogP contribution in [0.15, 0.2) is 45.8 Å². The summed E-state index contributed by atoms with van der Waals surface area (Å²) in [6, 6.07) is 5.34. The molecule has 3 aromatic heterocycles. The number of fused-ring (bicyclic) bond motifs is 1. The van der Waals surface area contributed by atoms with Crippen LogP contribution in [-0.4, -0.2) is 44.7 Å². The average molecular weight is 453 g/mol. The zero-order chi connectivity index (χ0) is 23.3. The summed E-state index contributed by atoms with van der Waals surface area (Å²) in [4.78, 5) is 27.4. The Morgan fingerprint density at radius 1 is 1.31 bits per heavy atom. The summed E-state index contributed by atoms with van der Waals surface area (Å²) < 4.78 is 48.1. The standard InChI is InChI=1S/C18H17N3O4.C2HF3O2/c1-12-14(5-8-23-12)18(22)21-7-4-17-15(10-21)16(20-25-17)11-24-13-3-2-6-19-9-13;3-2(4,5)1(6)7/h2-3,5-6,8-9H,4,7,10-11H2,1H3;(H,6,7). The lowest BCUT2D eigenvalue weighted by Gasteiger charge is -2.26. The molecular weight excluding hydrogens is 435 g/mol. The molecule has 0 saturated heterocycles. The summed E-state index contributed by atoms with van der Waals surface area (Å²) >= 11 is 0. The van der Waals surface area contributed by atoms with Crippen molar-refractivity contribution in [2.45, 2.75) is 32.7 Å². The molecule has 32 heavy (non-hydrogen) atoms. The quantitative estimate of drug-likeness (QED) is 0.639. The van der Waals surface area contributed by atoms with Gasteiger partial charge in [-0.1, -0.05) is 5.16 Å². The van der Waals surface area contributed by atoms with Crippen LogP contribution in [0.5, 0.6) is 5.75 Å². The van der Waals surface area contributed by atoms with E-state index in [4.69, 9.17) is 23.6 Å². The van der Waals surface area contributed by atoms with Gasteiger partial charge in [-0.25, -0.2) is 4.79 Å². The first-order chi connectivity index (χ1) is 15.2. The van der Waals surface area contributed by atoms with Crippen molar-refractivity contribution in [1.82, 2.24) is 15.0 Å². The fourth-order valence-electron chi connectivity index (χ4n) is 2.91. The lowest BCUT2D eigenvalue weighted by atomic mass is 10.1. The largest absolute Gasteiger partial charge is 0.490 e. The van der Waals surface area contributed by atoms with Crippen molar-refractivity contribution in [1.29, 1.82) is 0 Å². The summed E-state index contributed by atoms with van der Waals surface area (Å²) in [6.45, 7) is 3.11. The summed E-state index contributed by atoms with van der Waals surface area (Å²) in [5.74, 6) is -0.694. The number of pyridine rings is 1. The second kappa shape index (κ2) is 9.54. The number of carbonyl (C=O) groups is 2. The first-order valence-electron chi connectivity index (χ1n) is 9.29. The molecule has 0 unspecified atom stereocenters. The number of rotatable bonds is 4. The maximum atomic E-state index is 12.7. The smallest absolute Gasteiger partial charge is 0.486 e. The molecule has 0 fully saturated rings. The highest BCUT2D eigenvalue weighted by Crippen LogP contribution is 2.25. The van der Waals surface area contributed by atoms with Crippen LogP contribution in [0.1, 0.15) is 33.1 Å². The number of aryl methyl sites for hydroxylation is 1. The first-order valence-corrected chi connectivity index (χ1v) is 9.29. The topological polar surface area (TPSA) is 119 Å². The molecule has 1 amide bonds. The highest BCUT2D eigenvalue weighted by molar-refractivity contribution is 5.95. The lowest BCUT2D eigenvalue weighted by Crippen LogP contribution is -2.36. The van der Waals surface area contributed by atoms with Crippen molar-refractivity contribution >= 4 is 11.9 Å². The molecule has 170 valence electrons. The molecule has 1 aliphatic heterocycles. The Bertz CT molecular complexity index is 1080. The van der Waals surface area contributed by atoms with Crippen molar-refractivity contribution < 1.29 is 41.5 Å². The van der Waals surface area contributed by atoms with E-state index in [0.29, 0.717) is 42.3 Å². The van der Waals surface area contributed by atoms with E-state index in [1.165, 1.54) is 6.26 Å². The molecule has 1 aliphatic rings. The summed E-state index contributed by atoms with van der Waals surface area (Å²) in [6.07, 6.45) is 0.415. The predicted octanol–water partition coefficient (Wildman–Crippen LogP) is 3.38. The molecule has 12 heteroatoms. The number of carboxylic acids is 1. The third-order valence-corrected chi connectivity index (χ3v) is 4.54. The Hall–Kier alpha value is -3.83. The van der Waals surface area contributed by atoms with E-state index in [9.17, 15) is 18.0 Å². The molecule has 0 spiro atoms. The third kappa shape index (κ3) is 5.45. The van der Waals surface area contributed by atoms with Gasteiger partial charge in [-0.3, -0.25) is 9.78 Å². The number of aliphatic carboxylic acids is 1. The molecule has 0 saturated carbocycles. The first kappa shape index (κ1) is 22.8. The number of aromatic nitrogens is 2. The molecule has 0 bridgehead atoms. The number of hydrogen-bond acceptors (Lipinski definition) is 7. The van der Waals surface area contributed by atoms with Crippen molar-refractivity contribution in [2.75, 3.05) is 6.54 Å². The number of ether oxygens (including phenoxy) is 1. The molecule has 0 radical (unpaired) electrons. The molecule has 3 aromatic rings. The summed E-state index contributed by atoms with van der Waals surface area (Å²) in [5, 5.41) is 11.2. The number of amides is 1. The SMILES string of the molecule is Cc1occc1C(=O)N1CCc2onc(COc3cccnc3)c2C1.O=C(O)C(F)(F)F. The Morgan fingerprint density at radius 2 is 2.06 bits per heavy atom.